The van der Waals surface area contributed by atoms with Crippen molar-refractivity contribution >= 4 is 34.3 Å². The summed E-state index contributed by atoms with van der Waals surface area (Å²) in [5, 5.41) is 15.2. The monoisotopic (exact) mass is 510 g/mol. The number of hydrogen-bond acceptors (Lipinski definition) is 7. The van der Waals surface area contributed by atoms with E-state index >= 15 is 4.39 Å². The number of rotatable bonds is 6. The van der Waals surface area contributed by atoms with E-state index in [1.165, 1.54) is 63.0 Å². The number of nitriles is 1. The van der Waals surface area contributed by atoms with Crippen molar-refractivity contribution in [2.45, 2.75) is 19.3 Å². The lowest BCUT2D eigenvalue weighted by molar-refractivity contribution is 0.102. The molecule has 11 heteroatoms. The van der Waals surface area contributed by atoms with Crippen LogP contribution in [-0.2, 0) is 5.41 Å². The SMILES string of the molecule is CC(C)(C#N)c1cc(C(=O)Nc2ccccc2F)cc(Nc2ncccc2-c2ncnc3nc[nH]c23)c1F. The van der Waals surface area contributed by atoms with Crippen molar-refractivity contribution in [1.82, 2.24) is 24.9 Å². The van der Waals surface area contributed by atoms with E-state index < -0.39 is 23.0 Å². The van der Waals surface area contributed by atoms with E-state index in [0.29, 0.717) is 22.4 Å². The molecule has 5 rings (SSSR count). The minimum Gasteiger partial charge on any atom is -0.341 e. The summed E-state index contributed by atoms with van der Waals surface area (Å²) >= 11 is 0. The molecule has 0 aliphatic carbocycles. The van der Waals surface area contributed by atoms with Crippen LogP contribution in [0, 0.1) is 23.0 Å². The molecule has 0 aliphatic rings. The molecule has 38 heavy (non-hydrogen) atoms. The number of nitrogens with zero attached hydrogens (tertiary/aromatic N) is 5. The maximum atomic E-state index is 15.8. The van der Waals surface area contributed by atoms with Crippen molar-refractivity contribution in [3.05, 3.63) is 90.1 Å². The number of fused-ring (bicyclic) bond motifs is 1. The fourth-order valence-corrected chi connectivity index (χ4v) is 3.91. The normalized spacial score (nSPS) is 11.2. The lowest BCUT2D eigenvalue weighted by atomic mass is 9.84. The topological polar surface area (TPSA) is 132 Å². The highest BCUT2D eigenvalue weighted by Gasteiger charge is 2.28. The maximum Gasteiger partial charge on any atom is 0.255 e. The second-order valence-electron chi connectivity index (χ2n) is 8.90. The predicted octanol–water partition coefficient (Wildman–Crippen LogP) is 5.49. The van der Waals surface area contributed by atoms with Crippen LogP contribution < -0.4 is 10.6 Å². The second kappa shape index (κ2) is 9.67. The third-order valence-corrected chi connectivity index (χ3v) is 5.95. The first-order valence-corrected chi connectivity index (χ1v) is 11.5. The van der Waals surface area contributed by atoms with Gasteiger partial charge < -0.3 is 15.6 Å². The van der Waals surface area contributed by atoms with Gasteiger partial charge in [0.25, 0.3) is 5.91 Å². The molecule has 3 N–H and O–H groups in total. The number of carbonyl (C=O) groups is 1. The summed E-state index contributed by atoms with van der Waals surface area (Å²) in [5.41, 5.74) is 0.604. The molecular formula is C27H20F2N8O. The predicted molar refractivity (Wildman–Crippen MR) is 138 cm³/mol. The molecule has 0 saturated carbocycles. The summed E-state index contributed by atoms with van der Waals surface area (Å²) in [6, 6.07) is 13.8. The molecule has 2 aromatic carbocycles. The van der Waals surface area contributed by atoms with Gasteiger partial charge in [-0.25, -0.2) is 28.7 Å². The van der Waals surface area contributed by atoms with Crippen LogP contribution in [0.15, 0.2) is 67.4 Å². The van der Waals surface area contributed by atoms with Crippen LogP contribution >= 0.6 is 0 Å². The van der Waals surface area contributed by atoms with Crippen LogP contribution in [-0.4, -0.2) is 30.8 Å². The minimum absolute atomic E-state index is 0.0147. The van der Waals surface area contributed by atoms with Crippen molar-refractivity contribution in [2.75, 3.05) is 10.6 Å². The van der Waals surface area contributed by atoms with Crippen molar-refractivity contribution < 1.29 is 13.6 Å². The molecule has 3 heterocycles. The highest BCUT2D eigenvalue weighted by atomic mass is 19.1. The zero-order chi connectivity index (χ0) is 26.9. The lowest BCUT2D eigenvalue weighted by Crippen LogP contribution is -2.20. The van der Waals surface area contributed by atoms with E-state index in [9.17, 15) is 14.4 Å². The average molecular weight is 511 g/mol. The Balaban J connectivity index is 1.61. The Kier molecular flexibility index (Phi) is 6.22. The van der Waals surface area contributed by atoms with Gasteiger partial charge in [0.05, 0.1) is 29.2 Å². The Morgan fingerprint density at radius 1 is 1.03 bits per heavy atom. The summed E-state index contributed by atoms with van der Waals surface area (Å²) in [5.74, 6) is -1.78. The largest absolute Gasteiger partial charge is 0.341 e. The number of anilines is 3. The van der Waals surface area contributed by atoms with Gasteiger partial charge in [0.1, 0.15) is 29.2 Å². The number of nitrogens with one attached hydrogen (secondary N) is 3. The Morgan fingerprint density at radius 2 is 1.84 bits per heavy atom. The zero-order valence-corrected chi connectivity index (χ0v) is 20.3. The fourth-order valence-electron chi connectivity index (χ4n) is 3.91. The molecule has 0 fully saturated rings. The number of H-pyrrole nitrogens is 1. The van der Waals surface area contributed by atoms with Crippen LogP contribution in [0.5, 0.6) is 0 Å². The van der Waals surface area contributed by atoms with Crippen molar-refractivity contribution in [1.29, 1.82) is 5.26 Å². The van der Waals surface area contributed by atoms with Crippen LogP contribution in [0.1, 0.15) is 29.8 Å². The molecule has 1 amide bonds. The summed E-state index contributed by atoms with van der Waals surface area (Å²) in [6.07, 6.45) is 4.36. The summed E-state index contributed by atoms with van der Waals surface area (Å²) < 4.78 is 30.0. The Hall–Kier alpha value is -5.24. The molecule has 0 bridgehead atoms. The lowest BCUT2D eigenvalue weighted by Gasteiger charge is -2.21. The third kappa shape index (κ3) is 4.51. The maximum absolute atomic E-state index is 15.8. The molecule has 188 valence electrons. The summed E-state index contributed by atoms with van der Waals surface area (Å²) in [7, 11) is 0. The fraction of sp³-hybridized carbons (Fsp3) is 0.111. The van der Waals surface area contributed by atoms with E-state index in [1.807, 2.05) is 0 Å². The molecule has 0 aliphatic heterocycles. The van der Waals surface area contributed by atoms with Crippen LogP contribution in [0.2, 0.25) is 0 Å². The van der Waals surface area contributed by atoms with Crippen LogP contribution in [0.25, 0.3) is 22.4 Å². The first-order chi connectivity index (χ1) is 18.3. The number of aromatic nitrogens is 5. The number of amides is 1. The van der Waals surface area contributed by atoms with E-state index in [4.69, 9.17) is 0 Å². The molecule has 0 spiro atoms. The molecule has 0 atom stereocenters. The Labute approximate surface area is 215 Å². The Bertz CT molecular complexity index is 1720. The summed E-state index contributed by atoms with van der Waals surface area (Å²) in [4.78, 5) is 33.1. The number of pyridine rings is 1. The van der Waals surface area contributed by atoms with E-state index in [0.717, 1.165) is 0 Å². The van der Waals surface area contributed by atoms with Crippen molar-refractivity contribution in [3.8, 4) is 17.3 Å². The standard InChI is InChI=1S/C27H20F2N8O/c1-27(2,12-30)17-10-15(26(38)37-19-8-4-3-7-18(19)28)11-20(21(17)29)36-24-16(6-5-9-31-24)22-23-25(34-13-32-22)35-14-33-23/h3-11,13-14H,1-2H3,(H,31,36)(H,37,38)(H,32,33,34,35). The second-order valence-corrected chi connectivity index (χ2v) is 8.90. The average Bonchev–Trinajstić information content (AvgIpc) is 3.40. The molecule has 0 radical (unpaired) electrons. The van der Waals surface area contributed by atoms with Gasteiger partial charge in [-0.2, -0.15) is 5.26 Å². The number of benzene rings is 2. The van der Waals surface area contributed by atoms with E-state index in [-0.39, 0.29) is 28.3 Å². The van der Waals surface area contributed by atoms with Gasteiger partial charge in [-0.3, -0.25) is 4.79 Å². The molecule has 0 unspecified atom stereocenters. The van der Waals surface area contributed by atoms with E-state index in [2.05, 4.69) is 41.6 Å². The quantitative estimate of drug-likeness (QED) is 0.275. The number of imidazole rings is 1. The number of carbonyl (C=O) groups excluding carboxylic acids is 1. The van der Waals surface area contributed by atoms with Gasteiger partial charge in [0.2, 0.25) is 0 Å². The van der Waals surface area contributed by atoms with Gasteiger partial charge in [0.15, 0.2) is 11.5 Å². The van der Waals surface area contributed by atoms with Crippen LogP contribution in [0.4, 0.5) is 26.0 Å². The molecule has 5 aromatic rings. The zero-order valence-electron chi connectivity index (χ0n) is 20.3. The van der Waals surface area contributed by atoms with Gasteiger partial charge in [-0.15, -0.1) is 0 Å². The highest BCUT2D eigenvalue weighted by Crippen LogP contribution is 2.35. The molecular weight excluding hydrogens is 490 g/mol. The van der Waals surface area contributed by atoms with Gasteiger partial charge in [-0.05, 0) is 50.2 Å². The number of hydrogen-bond donors (Lipinski definition) is 3. The minimum atomic E-state index is -1.28. The van der Waals surface area contributed by atoms with Crippen LogP contribution in [0.3, 0.4) is 0 Å². The molecule has 0 saturated heterocycles. The number of para-hydroxylation sites is 1. The van der Waals surface area contributed by atoms with Gasteiger partial charge >= 0.3 is 0 Å². The van der Waals surface area contributed by atoms with Crippen molar-refractivity contribution in [3.63, 3.8) is 0 Å². The molecule has 3 aromatic heterocycles. The molecule has 9 nitrogen and oxygen atoms in total. The first-order valence-electron chi connectivity index (χ1n) is 11.5. The van der Waals surface area contributed by atoms with E-state index in [1.54, 1.807) is 18.2 Å². The van der Waals surface area contributed by atoms with Crippen molar-refractivity contribution in [2.24, 2.45) is 0 Å². The number of aromatic amines is 1. The first kappa shape index (κ1) is 24.5. The summed E-state index contributed by atoms with van der Waals surface area (Å²) in [6.45, 7) is 3.07. The third-order valence-electron chi connectivity index (χ3n) is 5.95. The van der Waals surface area contributed by atoms with Gasteiger partial charge in [0, 0.05) is 22.9 Å². The Morgan fingerprint density at radius 3 is 2.63 bits per heavy atom. The highest BCUT2D eigenvalue weighted by molar-refractivity contribution is 6.05. The smallest absolute Gasteiger partial charge is 0.255 e. The number of halogens is 2. The van der Waals surface area contributed by atoms with Gasteiger partial charge in [-0.1, -0.05) is 12.1 Å².